The molecule has 0 radical (unpaired) electrons. The van der Waals surface area contributed by atoms with Gasteiger partial charge in [0.1, 0.15) is 5.70 Å². The Morgan fingerprint density at radius 2 is 2.00 bits per heavy atom. The lowest BCUT2D eigenvalue weighted by Crippen LogP contribution is -2.36. The third-order valence-corrected chi connectivity index (χ3v) is 4.74. The molecular formula is C15H18N2O3S. The van der Waals surface area contributed by atoms with E-state index in [0.717, 1.165) is 30.8 Å². The second-order valence-corrected chi connectivity index (χ2v) is 6.10. The van der Waals surface area contributed by atoms with Gasteiger partial charge in [0.25, 0.3) is 11.8 Å². The predicted octanol–water partition coefficient (Wildman–Crippen LogP) is 1.57. The van der Waals surface area contributed by atoms with Crippen LogP contribution in [0, 0.1) is 0 Å². The molecule has 3 rings (SSSR count). The zero-order valence-corrected chi connectivity index (χ0v) is 12.8. The Balaban J connectivity index is 1.99. The van der Waals surface area contributed by atoms with Gasteiger partial charge in [-0.1, -0.05) is 6.07 Å². The highest BCUT2D eigenvalue weighted by atomic mass is 32.1. The minimum absolute atomic E-state index is 0.178. The maximum Gasteiger partial charge on any atom is 0.277 e. The van der Waals surface area contributed by atoms with Crippen LogP contribution in [-0.2, 0) is 14.3 Å². The SMILES string of the molecule is COCCN1C(=O)C(c2cccs2)=C(N2CCCC2)C1=O. The molecule has 0 N–H and O–H groups in total. The van der Waals surface area contributed by atoms with Crippen LogP contribution in [0.3, 0.4) is 0 Å². The lowest BCUT2D eigenvalue weighted by atomic mass is 10.2. The highest BCUT2D eigenvalue weighted by Gasteiger charge is 2.42. The summed E-state index contributed by atoms with van der Waals surface area (Å²) in [7, 11) is 1.57. The van der Waals surface area contributed by atoms with E-state index in [9.17, 15) is 9.59 Å². The van der Waals surface area contributed by atoms with Gasteiger partial charge in [-0.2, -0.15) is 0 Å². The first-order chi connectivity index (χ1) is 10.2. The molecule has 1 aromatic rings. The summed E-state index contributed by atoms with van der Waals surface area (Å²) in [5.74, 6) is -0.372. The van der Waals surface area contributed by atoms with Gasteiger partial charge in [0, 0.05) is 25.1 Å². The van der Waals surface area contributed by atoms with E-state index < -0.39 is 0 Å². The summed E-state index contributed by atoms with van der Waals surface area (Å²) in [5, 5.41) is 1.93. The summed E-state index contributed by atoms with van der Waals surface area (Å²) in [6.45, 7) is 2.37. The first kappa shape index (κ1) is 14.3. The van der Waals surface area contributed by atoms with Gasteiger partial charge in [-0.05, 0) is 24.3 Å². The van der Waals surface area contributed by atoms with E-state index in [0.29, 0.717) is 24.4 Å². The first-order valence-electron chi connectivity index (χ1n) is 7.12. The van der Waals surface area contributed by atoms with Gasteiger partial charge in [0.15, 0.2) is 0 Å². The minimum atomic E-state index is -0.193. The summed E-state index contributed by atoms with van der Waals surface area (Å²) >= 11 is 1.50. The zero-order chi connectivity index (χ0) is 14.8. The number of carbonyl (C=O) groups excluding carboxylic acids is 2. The number of thiophene rings is 1. The van der Waals surface area contributed by atoms with E-state index in [1.54, 1.807) is 7.11 Å². The van der Waals surface area contributed by atoms with Gasteiger partial charge < -0.3 is 9.64 Å². The van der Waals surface area contributed by atoms with Gasteiger partial charge >= 0.3 is 0 Å². The van der Waals surface area contributed by atoms with Gasteiger partial charge in [0.2, 0.25) is 0 Å². The van der Waals surface area contributed by atoms with Crippen molar-refractivity contribution in [3.63, 3.8) is 0 Å². The molecule has 1 aromatic heterocycles. The summed E-state index contributed by atoms with van der Waals surface area (Å²) in [5.41, 5.74) is 1.14. The van der Waals surface area contributed by atoms with Crippen molar-refractivity contribution in [2.24, 2.45) is 0 Å². The second kappa shape index (κ2) is 5.99. The van der Waals surface area contributed by atoms with Crippen molar-refractivity contribution >= 4 is 28.7 Å². The molecule has 0 saturated carbocycles. The summed E-state index contributed by atoms with van der Waals surface area (Å²) in [6.07, 6.45) is 2.14. The number of carbonyl (C=O) groups is 2. The number of methoxy groups -OCH3 is 1. The van der Waals surface area contributed by atoms with Gasteiger partial charge in [0.05, 0.1) is 18.7 Å². The summed E-state index contributed by atoms with van der Waals surface area (Å²) in [6, 6.07) is 3.81. The van der Waals surface area contributed by atoms with E-state index in [1.165, 1.54) is 16.2 Å². The Hall–Kier alpha value is -1.66. The van der Waals surface area contributed by atoms with Crippen molar-refractivity contribution in [2.75, 3.05) is 33.4 Å². The number of ether oxygens (including phenoxy) is 1. The second-order valence-electron chi connectivity index (χ2n) is 5.15. The maximum atomic E-state index is 12.7. The number of imide groups is 1. The number of rotatable bonds is 5. The van der Waals surface area contributed by atoms with E-state index in [1.807, 2.05) is 17.5 Å². The normalized spacial score (nSPS) is 19.3. The maximum absolute atomic E-state index is 12.7. The molecule has 0 aromatic carbocycles. The lowest BCUT2D eigenvalue weighted by Gasteiger charge is -2.19. The Kier molecular flexibility index (Phi) is 4.07. The molecule has 1 fully saturated rings. The molecule has 2 amide bonds. The molecule has 6 heteroatoms. The van der Waals surface area contributed by atoms with Crippen molar-refractivity contribution in [3.8, 4) is 0 Å². The minimum Gasteiger partial charge on any atom is -0.383 e. The molecule has 3 heterocycles. The van der Waals surface area contributed by atoms with Gasteiger partial charge in [-0.15, -0.1) is 11.3 Å². The predicted molar refractivity (Wildman–Crippen MR) is 80.6 cm³/mol. The fraction of sp³-hybridized carbons (Fsp3) is 0.467. The molecule has 0 aliphatic carbocycles. The van der Waals surface area contributed by atoms with Crippen molar-refractivity contribution in [1.82, 2.24) is 9.80 Å². The molecule has 112 valence electrons. The molecule has 0 unspecified atom stereocenters. The fourth-order valence-corrected chi connectivity index (χ4v) is 3.59. The Bertz CT molecular complexity index is 574. The first-order valence-corrected chi connectivity index (χ1v) is 8.00. The number of likely N-dealkylation sites (tertiary alicyclic amines) is 1. The van der Waals surface area contributed by atoms with Crippen LogP contribution in [0.1, 0.15) is 17.7 Å². The van der Waals surface area contributed by atoms with Crippen LogP contribution in [0.15, 0.2) is 23.2 Å². The van der Waals surface area contributed by atoms with Crippen LogP contribution in [0.4, 0.5) is 0 Å². The van der Waals surface area contributed by atoms with Crippen LogP contribution in [0.2, 0.25) is 0 Å². The molecule has 0 atom stereocenters. The monoisotopic (exact) mass is 306 g/mol. The Morgan fingerprint density at radius 1 is 1.24 bits per heavy atom. The molecule has 2 aliphatic rings. The Morgan fingerprint density at radius 3 is 2.62 bits per heavy atom. The average molecular weight is 306 g/mol. The van der Waals surface area contributed by atoms with Crippen molar-refractivity contribution in [3.05, 3.63) is 28.1 Å². The third kappa shape index (κ3) is 2.49. The number of amides is 2. The molecule has 2 aliphatic heterocycles. The van der Waals surface area contributed by atoms with Crippen molar-refractivity contribution in [2.45, 2.75) is 12.8 Å². The van der Waals surface area contributed by atoms with Crippen LogP contribution in [0.5, 0.6) is 0 Å². The van der Waals surface area contributed by atoms with E-state index in [-0.39, 0.29) is 11.8 Å². The summed E-state index contributed by atoms with van der Waals surface area (Å²) < 4.78 is 5.01. The number of nitrogens with zero attached hydrogens (tertiary/aromatic N) is 2. The molecule has 0 spiro atoms. The highest BCUT2D eigenvalue weighted by molar-refractivity contribution is 7.11. The molecule has 21 heavy (non-hydrogen) atoms. The van der Waals surface area contributed by atoms with E-state index in [2.05, 4.69) is 4.90 Å². The largest absolute Gasteiger partial charge is 0.383 e. The molecule has 5 nitrogen and oxygen atoms in total. The Labute approximate surface area is 127 Å². The molecule has 1 saturated heterocycles. The smallest absolute Gasteiger partial charge is 0.277 e. The van der Waals surface area contributed by atoms with Gasteiger partial charge in [-0.25, -0.2) is 0 Å². The highest BCUT2D eigenvalue weighted by Crippen LogP contribution is 2.35. The van der Waals surface area contributed by atoms with Crippen LogP contribution >= 0.6 is 11.3 Å². The lowest BCUT2D eigenvalue weighted by molar-refractivity contribution is -0.138. The molecule has 0 bridgehead atoms. The van der Waals surface area contributed by atoms with Crippen LogP contribution in [0.25, 0.3) is 5.57 Å². The third-order valence-electron chi connectivity index (χ3n) is 3.85. The zero-order valence-electron chi connectivity index (χ0n) is 12.0. The van der Waals surface area contributed by atoms with Crippen molar-refractivity contribution in [1.29, 1.82) is 0 Å². The van der Waals surface area contributed by atoms with E-state index in [4.69, 9.17) is 4.74 Å². The standard InChI is InChI=1S/C15H18N2O3S/c1-20-9-8-17-14(18)12(11-5-4-10-21-11)13(15(17)19)16-6-2-3-7-16/h4-5,10H,2-3,6-9H2,1H3. The van der Waals surface area contributed by atoms with Crippen molar-refractivity contribution < 1.29 is 14.3 Å². The fourth-order valence-electron chi connectivity index (χ4n) is 2.83. The summed E-state index contributed by atoms with van der Waals surface area (Å²) in [4.78, 5) is 29.6. The van der Waals surface area contributed by atoms with Crippen LogP contribution < -0.4 is 0 Å². The van der Waals surface area contributed by atoms with E-state index >= 15 is 0 Å². The average Bonchev–Trinajstić information content (AvgIpc) is 3.19. The van der Waals surface area contributed by atoms with Gasteiger partial charge in [-0.3, -0.25) is 14.5 Å². The number of hydrogen-bond donors (Lipinski definition) is 0. The number of hydrogen-bond acceptors (Lipinski definition) is 5. The van der Waals surface area contributed by atoms with Crippen LogP contribution in [-0.4, -0.2) is 55.0 Å². The topological polar surface area (TPSA) is 49.9 Å². The molecular weight excluding hydrogens is 288 g/mol. The quantitative estimate of drug-likeness (QED) is 0.775.